The van der Waals surface area contributed by atoms with Gasteiger partial charge in [-0.25, -0.2) is 0 Å². The van der Waals surface area contributed by atoms with Crippen molar-refractivity contribution in [2.45, 2.75) is 51.1 Å². The Hall–Kier alpha value is -0.900. The summed E-state index contributed by atoms with van der Waals surface area (Å²) in [5.74, 6) is 3.02. The maximum Gasteiger partial charge on any atom is 0.133 e. The first kappa shape index (κ1) is 9.33. The van der Waals surface area contributed by atoms with E-state index in [1.54, 1.807) is 0 Å². The van der Waals surface area contributed by atoms with Crippen molar-refractivity contribution in [2.75, 3.05) is 0 Å². The van der Waals surface area contributed by atoms with Crippen LogP contribution in [0.2, 0.25) is 0 Å². The molecule has 1 aromatic heterocycles. The van der Waals surface area contributed by atoms with E-state index in [0.717, 1.165) is 31.0 Å². The van der Waals surface area contributed by atoms with E-state index in [2.05, 4.69) is 21.7 Å². The summed E-state index contributed by atoms with van der Waals surface area (Å²) >= 11 is 0. The molecule has 0 atom stereocenters. The maximum atomic E-state index is 5.80. The third-order valence-corrected chi connectivity index (χ3v) is 3.59. The Labute approximate surface area is 89.9 Å². The molecule has 0 radical (unpaired) electrons. The standard InChI is InChI=1S/C11H18N4/c1-7-13-14-11(15(7)10-2-3-10)6-8-4-9(12)5-8/h8-10H,2-6,12H2,1H3. The lowest BCUT2D eigenvalue weighted by atomic mass is 9.78. The van der Waals surface area contributed by atoms with E-state index in [9.17, 15) is 0 Å². The molecule has 0 saturated heterocycles. The summed E-state index contributed by atoms with van der Waals surface area (Å²) in [6.07, 6.45) is 6.00. The zero-order valence-corrected chi connectivity index (χ0v) is 9.19. The van der Waals surface area contributed by atoms with Crippen LogP contribution in [0, 0.1) is 12.8 Å². The Morgan fingerprint density at radius 3 is 2.67 bits per heavy atom. The van der Waals surface area contributed by atoms with Gasteiger partial charge < -0.3 is 10.3 Å². The van der Waals surface area contributed by atoms with Crippen LogP contribution in [0.15, 0.2) is 0 Å². The van der Waals surface area contributed by atoms with Gasteiger partial charge in [0, 0.05) is 18.5 Å². The smallest absolute Gasteiger partial charge is 0.133 e. The Morgan fingerprint density at radius 2 is 2.07 bits per heavy atom. The molecule has 1 heterocycles. The number of hydrogen-bond acceptors (Lipinski definition) is 3. The minimum Gasteiger partial charge on any atom is -0.328 e. The summed E-state index contributed by atoms with van der Waals surface area (Å²) in [7, 11) is 0. The van der Waals surface area contributed by atoms with Crippen LogP contribution >= 0.6 is 0 Å². The van der Waals surface area contributed by atoms with Crippen LogP contribution in [0.3, 0.4) is 0 Å². The normalized spacial score (nSPS) is 30.3. The van der Waals surface area contributed by atoms with Crippen molar-refractivity contribution in [1.29, 1.82) is 0 Å². The lowest BCUT2D eigenvalue weighted by Gasteiger charge is -2.32. The molecule has 0 aromatic carbocycles. The monoisotopic (exact) mass is 206 g/mol. The summed E-state index contributed by atoms with van der Waals surface area (Å²) in [6.45, 7) is 2.06. The third kappa shape index (κ3) is 1.67. The maximum absolute atomic E-state index is 5.80. The lowest BCUT2D eigenvalue weighted by molar-refractivity contribution is 0.258. The summed E-state index contributed by atoms with van der Waals surface area (Å²) < 4.78 is 2.34. The van der Waals surface area contributed by atoms with Crippen LogP contribution < -0.4 is 5.73 Å². The van der Waals surface area contributed by atoms with Gasteiger partial charge in [-0.15, -0.1) is 10.2 Å². The number of aromatic nitrogens is 3. The molecule has 2 aliphatic carbocycles. The average molecular weight is 206 g/mol. The predicted molar refractivity (Wildman–Crippen MR) is 57.4 cm³/mol. The number of aryl methyl sites for hydroxylation is 1. The Kier molecular flexibility index (Phi) is 2.06. The largest absolute Gasteiger partial charge is 0.328 e. The summed E-state index contributed by atoms with van der Waals surface area (Å²) in [6, 6.07) is 1.14. The van der Waals surface area contributed by atoms with Gasteiger partial charge in [-0.1, -0.05) is 0 Å². The van der Waals surface area contributed by atoms with Gasteiger partial charge in [0.2, 0.25) is 0 Å². The fourth-order valence-electron chi connectivity index (χ4n) is 2.57. The van der Waals surface area contributed by atoms with Gasteiger partial charge in [0.1, 0.15) is 11.6 Å². The van der Waals surface area contributed by atoms with Gasteiger partial charge in [0.05, 0.1) is 0 Å². The highest BCUT2D eigenvalue weighted by Gasteiger charge is 2.31. The topological polar surface area (TPSA) is 56.7 Å². The van der Waals surface area contributed by atoms with E-state index in [0.29, 0.717) is 12.1 Å². The van der Waals surface area contributed by atoms with E-state index in [4.69, 9.17) is 5.73 Å². The average Bonchev–Trinajstić information content (AvgIpc) is 2.91. The second kappa shape index (κ2) is 3.30. The highest BCUT2D eigenvalue weighted by Crippen LogP contribution is 2.38. The molecule has 0 unspecified atom stereocenters. The first-order valence-electron chi connectivity index (χ1n) is 5.90. The van der Waals surface area contributed by atoms with Crippen LogP contribution in [0.1, 0.15) is 43.4 Å². The quantitative estimate of drug-likeness (QED) is 0.808. The second-order valence-corrected chi connectivity index (χ2v) is 5.07. The molecular formula is C11H18N4. The molecule has 4 nitrogen and oxygen atoms in total. The van der Waals surface area contributed by atoms with E-state index in [1.165, 1.54) is 18.7 Å². The van der Waals surface area contributed by atoms with Crippen molar-refractivity contribution < 1.29 is 0 Å². The van der Waals surface area contributed by atoms with Gasteiger partial charge in [-0.3, -0.25) is 0 Å². The highest BCUT2D eigenvalue weighted by molar-refractivity contribution is 5.03. The van der Waals surface area contributed by atoms with E-state index < -0.39 is 0 Å². The predicted octanol–water partition coefficient (Wildman–Crippen LogP) is 1.20. The first-order valence-corrected chi connectivity index (χ1v) is 5.90. The van der Waals surface area contributed by atoms with Crippen LogP contribution in [0.25, 0.3) is 0 Å². The van der Waals surface area contributed by atoms with Gasteiger partial charge >= 0.3 is 0 Å². The van der Waals surface area contributed by atoms with E-state index in [-0.39, 0.29) is 0 Å². The molecule has 2 fully saturated rings. The van der Waals surface area contributed by atoms with Crippen molar-refractivity contribution in [3.05, 3.63) is 11.6 Å². The lowest BCUT2D eigenvalue weighted by Crippen LogP contribution is -2.37. The summed E-state index contributed by atoms with van der Waals surface area (Å²) in [5.41, 5.74) is 5.80. The number of hydrogen-bond donors (Lipinski definition) is 1. The minimum atomic E-state index is 0.438. The van der Waals surface area contributed by atoms with Gasteiger partial charge in [-0.05, 0) is 38.5 Å². The molecule has 0 bridgehead atoms. The number of nitrogens with zero attached hydrogens (tertiary/aromatic N) is 3. The van der Waals surface area contributed by atoms with E-state index >= 15 is 0 Å². The molecule has 0 aliphatic heterocycles. The second-order valence-electron chi connectivity index (χ2n) is 5.07. The molecule has 4 heteroatoms. The van der Waals surface area contributed by atoms with Crippen molar-refractivity contribution >= 4 is 0 Å². The van der Waals surface area contributed by atoms with Crippen molar-refractivity contribution in [3.63, 3.8) is 0 Å². The van der Waals surface area contributed by atoms with Gasteiger partial charge in [0.15, 0.2) is 0 Å². The fraction of sp³-hybridized carbons (Fsp3) is 0.818. The Balaban J connectivity index is 1.73. The minimum absolute atomic E-state index is 0.438. The molecule has 15 heavy (non-hydrogen) atoms. The molecule has 2 saturated carbocycles. The van der Waals surface area contributed by atoms with Crippen LogP contribution in [-0.2, 0) is 6.42 Å². The summed E-state index contributed by atoms with van der Waals surface area (Å²) in [5, 5.41) is 8.49. The molecule has 82 valence electrons. The van der Waals surface area contributed by atoms with Crippen LogP contribution in [0.5, 0.6) is 0 Å². The van der Waals surface area contributed by atoms with Crippen molar-refractivity contribution in [2.24, 2.45) is 11.7 Å². The zero-order chi connectivity index (χ0) is 10.4. The van der Waals surface area contributed by atoms with Crippen LogP contribution in [-0.4, -0.2) is 20.8 Å². The molecule has 2 N–H and O–H groups in total. The highest BCUT2D eigenvalue weighted by atomic mass is 15.3. The van der Waals surface area contributed by atoms with E-state index in [1.807, 2.05) is 0 Å². The van der Waals surface area contributed by atoms with Gasteiger partial charge in [0.25, 0.3) is 0 Å². The zero-order valence-electron chi connectivity index (χ0n) is 9.19. The summed E-state index contributed by atoms with van der Waals surface area (Å²) in [4.78, 5) is 0. The Morgan fingerprint density at radius 1 is 1.33 bits per heavy atom. The SMILES string of the molecule is Cc1nnc(CC2CC(N)C2)n1C1CC1. The molecule has 0 spiro atoms. The number of rotatable bonds is 3. The molecular weight excluding hydrogens is 188 g/mol. The molecule has 3 rings (SSSR count). The fourth-order valence-corrected chi connectivity index (χ4v) is 2.57. The van der Waals surface area contributed by atoms with Crippen molar-refractivity contribution in [1.82, 2.24) is 14.8 Å². The molecule has 0 amide bonds. The third-order valence-electron chi connectivity index (χ3n) is 3.59. The Bertz CT molecular complexity index is 361. The first-order chi connectivity index (χ1) is 7.24. The number of nitrogens with two attached hydrogens (primary N) is 1. The molecule has 2 aliphatic rings. The molecule has 1 aromatic rings. The van der Waals surface area contributed by atoms with Crippen molar-refractivity contribution in [3.8, 4) is 0 Å². The van der Waals surface area contributed by atoms with Gasteiger partial charge in [-0.2, -0.15) is 0 Å². The van der Waals surface area contributed by atoms with Crippen LogP contribution in [0.4, 0.5) is 0 Å².